The van der Waals surface area contributed by atoms with Crippen LogP contribution in [-0.4, -0.2) is 7.05 Å². The first-order chi connectivity index (χ1) is 6.36. The van der Waals surface area contributed by atoms with E-state index < -0.39 is 29.1 Å². The Morgan fingerprint density at radius 2 is 1.64 bits per heavy atom. The van der Waals surface area contributed by atoms with E-state index in [2.05, 4.69) is 5.32 Å². The van der Waals surface area contributed by atoms with Gasteiger partial charge in [0.1, 0.15) is 11.6 Å². The molecule has 0 spiro atoms. The van der Waals surface area contributed by atoms with Crippen LogP contribution in [0.1, 0.15) is 5.56 Å². The molecule has 0 heterocycles. The first-order valence-electron chi connectivity index (χ1n) is 3.60. The molecule has 0 aliphatic heterocycles. The van der Waals surface area contributed by atoms with Crippen molar-refractivity contribution < 1.29 is 22.0 Å². The van der Waals surface area contributed by atoms with Gasteiger partial charge in [-0.1, -0.05) is 0 Å². The number of benzene rings is 1. The van der Waals surface area contributed by atoms with Gasteiger partial charge >= 0.3 is 6.18 Å². The maximum Gasteiger partial charge on any atom is 0.419 e. The first kappa shape index (κ1) is 10.7. The molecule has 0 radical (unpaired) electrons. The predicted octanol–water partition coefficient (Wildman–Crippen LogP) is 3.03. The van der Waals surface area contributed by atoms with Crippen molar-refractivity contribution in [3.05, 3.63) is 29.3 Å². The average molecular weight is 211 g/mol. The van der Waals surface area contributed by atoms with Crippen LogP contribution in [0.4, 0.5) is 27.6 Å². The van der Waals surface area contributed by atoms with Crippen LogP contribution in [0.5, 0.6) is 0 Å². The van der Waals surface area contributed by atoms with E-state index >= 15 is 0 Å². The van der Waals surface area contributed by atoms with Gasteiger partial charge in [0.15, 0.2) is 0 Å². The molecule has 14 heavy (non-hydrogen) atoms. The molecule has 1 N–H and O–H groups in total. The quantitative estimate of drug-likeness (QED) is 0.704. The van der Waals surface area contributed by atoms with Crippen molar-refractivity contribution in [3.8, 4) is 0 Å². The Labute approximate surface area is 76.5 Å². The molecule has 0 unspecified atom stereocenters. The summed E-state index contributed by atoms with van der Waals surface area (Å²) in [5, 5.41) is 2.19. The second-order valence-corrected chi connectivity index (χ2v) is 2.56. The minimum absolute atomic E-state index is 0.203. The van der Waals surface area contributed by atoms with Crippen LogP contribution in [0.3, 0.4) is 0 Å². The summed E-state index contributed by atoms with van der Waals surface area (Å²) in [7, 11) is 1.25. The lowest BCUT2D eigenvalue weighted by molar-refractivity contribution is -0.139. The van der Waals surface area contributed by atoms with Gasteiger partial charge in [0.05, 0.1) is 11.3 Å². The monoisotopic (exact) mass is 211 g/mol. The highest BCUT2D eigenvalue weighted by Gasteiger charge is 2.34. The van der Waals surface area contributed by atoms with E-state index in [-0.39, 0.29) is 6.07 Å². The van der Waals surface area contributed by atoms with Crippen molar-refractivity contribution in [1.82, 2.24) is 0 Å². The highest BCUT2D eigenvalue weighted by Crippen LogP contribution is 2.33. The van der Waals surface area contributed by atoms with Crippen molar-refractivity contribution in [2.24, 2.45) is 0 Å². The zero-order valence-corrected chi connectivity index (χ0v) is 7.04. The molecule has 0 aliphatic rings. The maximum atomic E-state index is 12.7. The normalized spacial score (nSPS) is 11.6. The summed E-state index contributed by atoms with van der Waals surface area (Å²) >= 11 is 0. The summed E-state index contributed by atoms with van der Waals surface area (Å²) < 4.78 is 61.7. The summed E-state index contributed by atoms with van der Waals surface area (Å²) in [6.45, 7) is 0. The van der Waals surface area contributed by atoms with E-state index in [1.807, 2.05) is 0 Å². The summed E-state index contributed by atoms with van der Waals surface area (Å²) in [6, 6.07) is 0.597. The van der Waals surface area contributed by atoms with Crippen LogP contribution >= 0.6 is 0 Å². The summed E-state index contributed by atoms with van der Waals surface area (Å²) in [5.74, 6) is -2.67. The van der Waals surface area contributed by atoms with Crippen molar-refractivity contribution in [3.63, 3.8) is 0 Å². The van der Waals surface area contributed by atoms with Crippen molar-refractivity contribution in [2.75, 3.05) is 12.4 Å². The van der Waals surface area contributed by atoms with Gasteiger partial charge in [0, 0.05) is 13.1 Å². The van der Waals surface area contributed by atoms with Crippen molar-refractivity contribution in [1.29, 1.82) is 0 Å². The molecule has 0 aromatic heterocycles. The van der Waals surface area contributed by atoms with Gasteiger partial charge in [-0.3, -0.25) is 0 Å². The molecule has 78 valence electrons. The molecule has 1 nitrogen and oxygen atoms in total. The van der Waals surface area contributed by atoms with Gasteiger partial charge in [-0.2, -0.15) is 13.2 Å². The second kappa shape index (κ2) is 3.43. The number of anilines is 1. The zero-order valence-electron chi connectivity index (χ0n) is 7.04. The third-order valence-corrected chi connectivity index (χ3v) is 1.63. The van der Waals surface area contributed by atoms with Crippen LogP contribution in [0.25, 0.3) is 0 Å². The van der Waals surface area contributed by atoms with Crippen LogP contribution in [0.15, 0.2) is 12.1 Å². The third-order valence-electron chi connectivity index (χ3n) is 1.63. The van der Waals surface area contributed by atoms with E-state index in [9.17, 15) is 22.0 Å². The number of halogens is 5. The largest absolute Gasteiger partial charge is 0.419 e. The standard InChI is InChI=1S/C8H6F5N/c1-14-7-2-4(8(11,12)13)5(9)3-6(7)10/h2-3,14H,1H3. The molecule has 0 saturated heterocycles. The Morgan fingerprint density at radius 3 is 2.07 bits per heavy atom. The molecule has 1 rings (SSSR count). The Bertz CT molecular complexity index is 344. The van der Waals surface area contributed by atoms with Crippen LogP contribution in [0.2, 0.25) is 0 Å². The Kier molecular flexibility index (Phi) is 2.64. The van der Waals surface area contributed by atoms with E-state index in [1.54, 1.807) is 0 Å². The highest BCUT2D eigenvalue weighted by atomic mass is 19.4. The SMILES string of the molecule is CNc1cc(C(F)(F)F)c(F)cc1F. The topological polar surface area (TPSA) is 12.0 Å². The highest BCUT2D eigenvalue weighted by molar-refractivity contribution is 5.47. The molecule has 0 bridgehead atoms. The van der Waals surface area contributed by atoms with Crippen LogP contribution in [0, 0.1) is 11.6 Å². The molecule has 0 aliphatic carbocycles. The van der Waals surface area contributed by atoms with Gasteiger partial charge < -0.3 is 5.32 Å². The molecule has 0 atom stereocenters. The average Bonchev–Trinajstić information content (AvgIpc) is 2.02. The Hall–Kier alpha value is -1.33. The second-order valence-electron chi connectivity index (χ2n) is 2.56. The maximum absolute atomic E-state index is 12.7. The number of alkyl halides is 3. The van der Waals surface area contributed by atoms with Gasteiger partial charge in [-0.15, -0.1) is 0 Å². The molecule has 0 amide bonds. The lowest BCUT2D eigenvalue weighted by Crippen LogP contribution is -2.09. The Morgan fingerprint density at radius 1 is 1.07 bits per heavy atom. The van der Waals surface area contributed by atoms with E-state index in [0.29, 0.717) is 6.07 Å². The zero-order chi connectivity index (χ0) is 10.9. The predicted molar refractivity (Wildman–Crippen MR) is 40.9 cm³/mol. The van der Waals surface area contributed by atoms with Gasteiger partial charge in [-0.05, 0) is 6.07 Å². The van der Waals surface area contributed by atoms with Crippen molar-refractivity contribution in [2.45, 2.75) is 6.18 Å². The van der Waals surface area contributed by atoms with E-state index in [4.69, 9.17) is 0 Å². The van der Waals surface area contributed by atoms with Crippen LogP contribution < -0.4 is 5.32 Å². The van der Waals surface area contributed by atoms with Crippen LogP contribution in [-0.2, 0) is 6.18 Å². The van der Waals surface area contributed by atoms with E-state index in [0.717, 1.165) is 0 Å². The number of rotatable bonds is 1. The molecular weight excluding hydrogens is 205 g/mol. The summed E-state index contributed by atoms with van der Waals surface area (Å²) in [4.78, 5) is 0. The summed E-state index contributed by atoms with van der Waals surface area (Å²) in [5.41, 5.74) is -1.87. The summed E-state index contributed by atoms with van der Waals surface area (Å²) in [6.07, 6.45) is -4.82. The minimum atomic E-state index is -4.82. The van der Waals surface area contributed by atoms with Crippen molar-refractivity contribution >= 4 is 5.69 Å². The molecule has 1 aromatic rings. The smallest absolute Gasteiger partial charge is 0.386 e. The molecule has 0 fully saturated rings. The number of nitrogens with one attached hydrogen (secondary N) is 1. The molecule has 1 aromatic carbocycles. The van der Waals surface area contributed by atoms with Gasteiger partial charge in [0.2, 0.25) is 0 Å². The number of hydrogen-bond donors (Lipinski definition) is 1. The molecule has 0 saturated carbocycles. The first-order valence-corrected chi connectivity index (χ1v) is 3.60. The lowest BCUT2D eigenvalue weighted by Gasteiger charge is -2.10. The Balaban J connectivity index is 3.32. The fourth-order valence-electron chi connectivity index (χ4n) is 0.958. The van der Waals surface area contributed by atoms with E-state index in [1.165, 1.54) is 7.05 Å². The number of hydrogen-bond acceptors (Lipinski definition) is 1. The third kappa shape index (κ3) is 1.94. The fourth-order valence-corrected chi connectivity index (χ4v) is 0.958. The lowest BCUT2D eigenvalue weighted by atomic mass is 10.1. The van der Waals surface area contributed by atoms with Gasteiger partial charge in [-0.25, -0.2) is 8.78 Å². The van der Waals surface area contributed by atoms with Gasteiger partial charge in [0.25, 0.3) is 0 Å². The minimum Gasteiger partial charge on any atom is -0.386 e. The fraction of sp³-hybridized carbons (Fsp3) is 0.250. The molecule has 6 heteroatoms. The molecular formula is C8H6F5N.